The largest absolute Gasteiger partial charge is 0.495 e. The molecule has 0 unspecified atom stereocenters. The second kappa shape index (κ2) is 6.63. The predicted molar refractivity (Wildman–Crippen MR) is 80.0 cm³/mol. The van der Waals surface area contributed by atoms with Crippen molar-refractivity contribution in [1.82, 2.24) is 4.72 Å². The molecule has 0 aliphatic carbocycles. The van der Waals surface area contributed by atoms with E-state index in [1.807, 2.05) is 0 Å². The minimum Gasteiger partial charge on any atom is -0.495 e. The fourth-order valence-electron chi connectivity index (χ4n) is 1.79. The first kappa shape index (κ1) is 16.1. The van der Waals surface area contributed by atoms with E-state index in [9.17, 15) is 13.2 Å². The van der Waals surface area contributed by atoms with Gasteiger partial charge >= 0.3 is 0 Å². The molecule has 2 rings (SSSR count). The summed E-state index contributed by atoms with van der Waals surface area (Å²) in [5.41, 5.74) is 0.403. The van der Waals surface area contributed by atoms with Gasteiger partial charge in [-0.25, -0.2) is 13.1 Å². The molecule has 1 aromatic heterocycles. The van der Waals surface area contributed by atoms with Crippen molar-refractivity contribution in [3.63, 3.8) is 0 Å². The van der Waals surface area contributed by atoms with Crippen LogP contribution in [-0.4, -0.2) is 21.4 Å². The average molecular weight is 324 g/mol. The lowest BCUT2D eigenvalue weighted by atomic mass is 10.3. The highest BCUT2D eigenvalue weighted by atomic mass is 32.2. The number of nitrogens with one attached hydrogen (secondary N) is 2. The van der Waals surface area contributed by atoms with Crippen LogP contribution in [-0.2, 0) is 21.4 Å². The first-order valence-corrected chi connectivity index (χ1v) is 7.88. The summed E-state index contributed by atoms with van der Waals surface area (Å²) in [6, 6.07) is 7.55. The zero-order chi connectivity index (χ0) is 16.2. The Morgan fingerprint density at radius 2 is 2.09 bits per heavy atom. The second-order valence-electron chi connectivity index (χ2n) is 4.45. The third kappa shape index (κ3) is 3.86. The number of amides is 1. The molecule has 0 bridgehead atoms. The maximum atomic E-state index is 12.2. The van der Waals surface area contributed by atoms with Crippen LogP contribution in [0, 0.1) is 0 Å². The maximum absolute atomic E-state index is 12.2. The van der Waals surface area contributed by atoms with Gasteiger partial charge in [-0.3, -0.25) is 4.79 Å². The molecule has 0 aliphatic rings. The Labute approximate surface area is 128 Å². The molecule has 118 valence electrons. The Kier molecular flexibility index (Phi) is 4.84. The number of hydrogen-bond acceptors (Lipinski definition) is 5. The van der Waals surface area contributed by atoms with Crippen molar-refractivity contribution >= 4 is 21.6 Å². The van der Waals surface area contributed by atoms with Gasteiger partial charge in [-0.05, 0) is 24.3 Å². The molecular formula is C14H16N2O5S. The number of carbonyl (C=O) groups excluding carboxylic acids is 1. The van der Waals surface area contributed by atoms with Crippen molar-refractivity contribution in [3.05, 3.63) is 42.4 Å². The van der Waals surface area contributed by atoms with Gasteiger partial charge in [0.25, 0.3) is 0 Å². The monoisotopic (exact) mass is 324 g/mol. The molecule has 7 nitrogen and oxygen atoms in total. The van der Waals surface area contributed by atoms with E-state index >= 15 is 0 Å². The van der Waals surface area contributed by atoms with Crippen molar-refractivity contribution in [3.8, 4) is 5.75 Å². The fourth-order valence-corrected chi connectivity index (χ4v) is 2.80. The molecule has 0 spiro atoms. The van der Waals surface area contributed by atoms with E-state index in [1.165, 1.54) is 38.5 Å². The molecule has 1 amide bonds. The maximum Gasteiger partial charge on any atom is 0.241 e. The van der Waals surface area contributed by atoms with Gasteiger partial charge in [0.1, 0.15) is 11.5 Å². The molecule has 1 heterocycles. The summed E-state index contributed by atoms with van der Waals surface area (Å²) in [7, 11) is -2.32. The van der Waals surface area contributed by atoms with Gasteiger partial charge in [0, 0.05) is 13.0 Å². The van der Waals surface area contributed by atoms with Gasteiger partial charge in [-0.2, -0.15) is 0 Å². The van der Waals surface area contributed by atoms with Gasteiger partial charge in [-0.15, -0.1) is 0 Å². The van der Waals surface area contributed by atoms with Gasteiger partial charge in [-0.1, -0.05) is 0 Å². The molecule has 0 aliphatic heterocycles. The van der Waals surface area contributed by atoms with E-state index in [0.29, 0.717) is 11.4 Å². The number of ether oxygens (including phenoxy) is 1. The van der Waals surface area contributed by atoms with Crippen LogP contribution in [0.1, 0.15) is 12.7 Å². The van der Waals surface area contributed by atoms with Crippen molar-refractivity contribution < 1.29 is 22.4 Å². The van der Waals surface area contributed by atoms with E-state index in [1.54, 1.807) is 12.1 Å². The van der Waals surface area contributed by atoms with Crippen molar-refractivity contribution in [2.75, 3.05) is 12.4 Å². The number of sulfonamides is 1. The van der Waals surface area contributed by atoms with Crippen LogP contribution < -0.4 is 14.8 Å². The molecule has 22 heavy (non-hydrogen) atoms. The third-order valence-electron chi connectivity index (χ3n) is 2.81. The molecule has 8 heteroatoms. The van der Waals surface area contributed by atoms with Gasteiger partial charge in [0.15, 0.2) is 0 Å². The number of methoxy groups -OCH3 is 1. The molecule has 2 aromatic rings. The topological polar surface area (TPSA) is 97.6 Å². The van der Waals surface area contributed by atoms with Gasteiger partial charge in [0.05, 0.1) is 30.5 Å². The highest BCUT2D eigenvalue weighted by Gasteiger charge is 2.17. The zero-order valence-electron chi connectivity index (χ0n) is 12.1. The normalized spacial score (nSPS) is 11.2. The SMILES string of the molecule is COc1cc(S(=O)(=O)NCc2ccco2)ccc1NC(C)=O. The number of hydrogen-bond donors (Lipinski definition) is 2. The smallest absolute Gasteiger partial charge is 0.241 e. The van der Waals surface area contributed by atoms with Crippen LogP contribution in [0.3, 0.4) is 0 Å². The Morgan fingerprint density at radius 1 is 1.32 bits per heavy atom. The molecule has 1 aromatic carbocycles. The van der Waals surface area contributed by atoms with Crippen molar-refractivity contribution in [2.24, 2.45) is 0 Å². The summed E-state index contributed by atoms with van der Waals surface area (Å²) in [5, 5.41) is 2.56. The number of furan rings is 1. The zero-order valence-corrected chi connectivity index (χ0v) is 12.9. The van der Waals surface area contributed by atoms with Crippen molar-refractivity contribution in [1.29, 1.82) is 0 Å². The summed E-state index contributed by atoms with van der Waals surface area (Å²) in [6.45, 7) is 1.40. The van der Waals surface area contributed by atoms with E-state index in [2.05, 4.69) is 10.0 Å². The van der Waals surface area contributed by atoms with Crippen LogP contribution in [0.2, 0.25) is 0 Å². The minimum absolute atomic E-state index is 0.0324. The quantitative estimate of drug-likeness (QED) is 0.843. The Bertz CT molecular complexity index is 754. The molecule has 0 saturated carbocycles. The molecule has 0 atom stereocenters. The minimum atomic E-state index is -3.72. The van der Waals surface area contributed by atoms with Crippen LogP contribution in [0.4, 0.5) is 5.69 Å². The number of benzene rings is 1. The van der Waals surface area contributed by atoms with E-state index in [4.69, 9.17) is 9.15 Å². The molecule has 0 fully saturated rings. The third-order valence-corrected chi connectivity index (χ3v) is 4.21. The van der Waals surface area contributed by atoms with Crippen LogP contribution in [0.25, 0.3) is 0 Å². The average Bonchev–Trinajstić information content (AvgIpc) is 2.98. The van der Waals surface area contributed by atoms with E-state index < -0.39 is 10.0 Å². The van der Waals surface area contributed by atoms with Crippen molar-refractivity contribution in [2.45, 2.75) is 18.4 Å². The van der Waals surface area contributed by atoms with Crippen LogP contribution in [0.5, 0.6) is 5.75 Å². The predicted octanol–water partition coefficient (Wildman–Crippen LogP) is 1.73. The fraction of sp³-hybridized carbons (Fsp3) is 0.214. The molecule has 0 saturated heterocycles. The first-order valence-electron chi connectivity index (χ1n) is 6.40. The summed E-state index contributed by atoms with van der Waals surface area (Å²) in [4.78, 5) is 11.1. The standard InChI is InChI=1S/C14H16N2O5S/c1-10(17)16-13-6-5-12(8-14(13)20-2)22(18,19)15-9-11-4-3-7-21-11/h3-8,15H,9H2,1-2H3,(H,16,17). The van der Waals surface area contributed by atoms with Gasteiger partial charge in [0.2, 0.25) is 15.9 Å². The molecule has 0 radical (unpaired) electrons. The summed E-state index contributed by atoms with van der Waals surface area (Å²) in [5.74, 6) is 0.492. The lowest BCUT2D eigenvalue weighted by Gasteiger charge is -2.11. The highest BCUT2D eigenvalue weighted by Crippen LogP contribution is 2.27. The lowest BCUT2D eigenvalue weighted by Crippen LogP contribution is -2.23. The molecule has 2 N–H and O–H groups in total. The molecular weight excluding hydrogens is 308 g/mol. The van der Waals surface area contributed by atoms with E-state index in [0.717, 1.165) is 0 Å². The lowest BCUT2D eigenvalue weighted by molar-refractivity contribution is -0.114. The Balaban J connectivity index is 2.21. The van der Waals surface area contributed by atoms with Gasteiger partial charge < -0.3 is 14.5 Å². The highest BCUT2D eigenvalue weighted by molar-refractivity contribution is 7.89. The number of anilines is 1. The first-order chi connectivity index (χ1) is 10.4. The summed E-state index contributed by atoms with van der Waals surface area (Å²) < 4.78 is 37.1. The Morgan fingerprint density at radius 3 is 2.68 bits per heavy atom. The summed E-state index contributed by atoms with van der Waals surface area (Å²) >= 11 is 0. The van der Waals surface area contributed by atoms with Crippen LogP contribution in [0.15, 0.2) is 45.9 Å². The second-order valence-corrected chi connectivity index (χ2v) is 6.21. The summed E-state index contributed by atoms with van der Waals surface area (Å²) in [6.07, 6.45) is 1.47. The van der Waals surface area contributed by atoms with Crippen LogP contribution >= 0.6 is 0 Å². The Hall–Kier alpha value is -2.32. The number of rotatable bonds is 6. The number of carbonyl (C=O) groups is 1. The van der Waals surface area contributed by atoms with E-state index in [-0.39, 0.29) is 23.1 Å².